The molecule has 0 aliphatic carbocycles. The lowest BCUT2D eigenvalue weighted by molar-refractivity contribution is -0.141. The average molecular weight is 496 g/mol. The zero-order valence-electron chi connectivity index (χ0n) is 18.9. The first-order chi connectivity index (χ1) is 15.3. The number of benzene rings is 2. The largest absolute Gasteiger partial charge is 0.352 e. The summed E-state index contributed by atoms with van der Waals surface area (Å²) in [6.45, 7) is 6.18. The standard InChI is InChI=1S/C25H32Cl2N2O2S/c1-4-18(3)28-25(31)23(5-2)29(16-20-11-12-21(26)15-22(20)27)24(30)13-14-32-17-19-9-7-6-8-10-19/h6-12,15,18,23H,4-5,13-14,16-17H2,1-3H3,(H,28,31)/t18-,23-/m0/s1. The number of carbonyl (C=O) groups is 2. The Morgan fingerprint density at radius 1 is 1.06 bits per heavy atom. The molecule has 0 saturated heterocycles. The molecule has 0 fully saturated rings. The highest BCUT2D eigenvalue weighted by atomic mass is 35.5. The molecule has 2 amide bonds. The highest BCUT2D eigenvalue weighted by Crippen LogP contribution is 2.24. The number of hydrogen-bond acceptors (Lipinski definition) is 3. The van der Waals surface area contributed by atoms with Crippen molar-refractivity contribution in [3.8, 4) is 0 Å². The molecule has 0 heterocycles. The van der Waals surface area contributed by atoms with E-state index in [0.29, 0.717) is 28.6 Å². The average Bonchev–Trinajstić information content (AvgIpc) is 2.78. The normalized spacial score (nSPS) is 12.8. The second kappa shape index (κ2) is 13.8. The van der Waals surface area contributed by atoms with Crippen molar-refractivity contribution in [1.82, 2.24) is 10.2 Å². The second-order valence-electron chi connectivity index (χ2n) is 7.79. The smallest absolute Gasteiger partial charge is 0.243 e. The van der Waals surface area contributed by atoms with Gasteiger partial charge in [0.25, 0.3) is 0 Å². The fourth-order valence-electron chi connectivity index (χ4n) is 3.26. The number of halogens is 2. The molecular weight excluding hydrogens is 463 g/mol. The van der Waals surface area contributed by atoms with Crippen LogP contribution in [0.5, 0.6) is 0 Å². The van der Waals surface area contributed by atoms with E-state index in [9.17, 15) is 9.59 Å². The van der Waals surface area contributed by atoms with E-state index >= 15 is 0 Å². The minimum Gasteiger partial charge on any atom is -0.352 e. The molecule has 2 atom stereocenters. The number of nitrogens with zero attached hydrogens (tertiary/aromatic N) is 1. The van der Waals surface area contributed by atoms with Crippen molar-refractivity contribution in [2.24, 2.45) is 0 Å². The summed E-state index contributed by atoms with van der Waals surface area (Å²) >= 11 is 14.1. The maximum atomic E-state index is 13.3. The van der Waals surface area contributed by atoms with Crippen molar-refractivity contribution in [3.05, 3.63) is 69.7 Å². The SMILES string of the molecule is CC[C@H](C)NC(=O)[C@H](CC)N(Cc1ccc(Cl)cc1Cl)C(=O)CCSCc1ccccc1. The number of hydrogen-bond donors (Lipinski definition) is 1. The van der Waals surface area contributed by atoms with E-state index in [1.54, 1.807) is 28.8 Å². The van der Waals surface area contributed by atoms with Crippen molar-refractivity contribution in [3.63, 3.8) is 0 Å². The Hall–Kier alpha value is -1.69. The van der Waals surface area contributed by atoms with Crippen LogP contribution >= 0.6 is 35.0 Å². The van der Waals surface area contributed by atoms with E-state index < -0.39 is 6.04 Å². The molecule has 4 nitrogen and oxygen atoms in total. The quantitative estimate of drug-likeness (QED) is 0.350. The first kappa shape index (κ1) is 26.6. The molecule has 1 N–H and O–H groups in total. The van der Waals surface area contributed by atoms with Crippen molar-refractivity contribution < 1.29 is 9.59 Å². The van der Waals surface area contributed by atoms with Gasteiger partial charge in [-0.3, -0.25) is 9.59 Å². The lowest BCUT2D eigenvalue weighted by atomic mass is 10.1. The minimum absolute atomic E-state index is 0.0500. The van der Waals surface area contributed by atoms with Crippen molar-refractivity contribution in [2.75, 3.05) is 5.75 Å². The number of rotatable bonds is 12. The molecule has 32 heavy (non-hydrogen) atoms. The fraction of sp³-hybridized carbons (Fsp3) is 0.440. The molecule has 0 bridgehead atoms. The Balaban J connectivity index is 2.11. The Bertz CT molecular complexity index is 880. The summed E-state index contributed by atoms with van der Waals surface area (Å²) in [4.78, 5) is 27.9. The molecule has 2 aromatic rings. The number of thioether (sulfide) groups is 1. The molecule has 7 heteroatoms. The van der Waals surface area contributed by atoms with Crippen LogP contribution in [-0.4, -0.2) is 34.6 Å². The van der Waals surface area contributed by atoms with Gasteiger partial charge in [-0.05, 0) is 43.0 Å². The summed E-state index contributed by atoms with van der Waals surface area (Å²) in [7, 11) is 0. The first-order valence-electron chi connectivity index (χ1n) is 11.0. The van der Waals surface area contributed by atoms with Crippen molar-refractivity contribution in [2.45, 2.75) is 64.4 Å². The maximum Gasteiger partial charge on any atom is 0.243 e. The van der Waals surface area contributed by atoms with Gasteiger partial charge in [-0.1, -0.05) is 73.4 Å². The Morgan fingerprint density at radius 2 is 1.78 bits per heavy atom. The summed E-state index contributed by atoms with van der Waals surface area (Å²) in [5.41, 5.74) is 2.00. The Labute approximate surface area is 206 Å². The highest BCUT2D eigenvalue weighted by molar-refractivity contribution is 7.98. The molecule has 0 aliphatic rings. The van der Waals surface area contributed by atoms with Gasteiger partial charge in [-0.25, -0.2) is 0 Å². The van der Waals surface area contributed by atoms with Gasteiger partial charge in [0.05, 0.1) is 0 Å². The van der Waals surface area contributed by atoms with Gasteiger partial charge in [-0.15, -0.1) is 0 Å². The van der Waals surface area contributed by atoms with E-state index in [4.69, 9.17) is 23.2 Å². The van der Waals surface area contributed by atoms with Gasteiger partial charge in [-0.2, -0.15) is 11.8 Å². The number of carbonyl (C=O) groups excluding carboxylic acids is 2. The van der Waals surface area contributed by atoms with Gasteiger partial charge in [0.2, 0.25) is 11.8 Å². The van der Waals surface area contributed by atoms with Crippen LogP contribution in [0.15, 0.2) is 48.5 Å². The van der Waals surface area contributed by atoms with Gasteiger partial charge in [0, 0.05) is 40.6 Å². The number of nitrogens with one attached hydrogen (secondary N) is 1. The lowest BCUT2D eigenvalue weighted by Crippen LogP contribution is -2.50. The zero-order chi connectivity index (χ0) is 23.5. The predicted octanol–water partition coefficient (Wildman–Crippen LogP) is 6.34. The minimum atomic E-state index is -0.553. The third-order valence-corrected chi connectivity index (χ3v) is 6.93. The Morgan fingerprint density at radius 3 is 2.41 bits per heavy atom. The zero-order valence-corrected chi connectivity index (χ0v) is 21.3. The molecule has 0 aliphatic heterocycles. The third kappa shape index (κ3) is 8.34. The maximum absolute atomic E-state index is 13.3. The summed E-state index contributed by atoms with van der Waals surface area (Å²) < 4.78 is 0. The van der Waals surface area contributed by atoms with E-state index in [1.807, 2.05) is 45.0 Å². The van der Waals surface area contributed by atoms with Crippen LogP contribution in [0, 0.1) is 0 Å². The summed E-state index contributed by atoms with van der Waals surface area (Å²) in [6, 6.07) is 14.9. The molecule has 0 aromatic heterocycles. The van der Waals surface area contributed by atoms with E-state index in [2.05, 4.69) is 17.4 Å². The van der Waals surface area contributed by atoms with Crippen LogP contribution in [0.4, 0.5) is 0 Å². The van der Waals surface area contributed by atoms with Gasteiger partial charge >= 0.3 is 0 Å². The van der Waals surface area contributed by atoms with Crippen LogP contribution in [0.25, 0.3) is 0 Å². The van der Waals surface area contributed by atoms with Crippen LogP contribution in [0.3, 0.4) is 0 Å². The van der Waals surface area contributed by atoms with Gasteiger partial charge in [0.15, 0.2) is 0 Å². The monoisotopic (exact) mass is 494 g/mol. The molecule has 0 radical (unpaired) electrons. The fourth-order valence-corrected chi connectivity index (χ4v) is 4.62. The second-order valence-corrected chi connectivity index (χ2v) is 9.74. The molecule has 0 saturated carbocycles. The van der Waals surface area contributed by atoms with Gasteiger partial charge in [0.1, 0.15) is 6.04 Å². The first-order valence-corrected chi connectivity index (χ1v) is 12.9. The van der Waals surface area contributed by atoms with Crippen LogP contribution < -0.4 is 5.32 Å². The molecule has 0 spiro atoms. The summed E-state index contributed by atoms with van der Waals surface area (Å²) in [5, 5.41) is 4.05. The van der Waals surface area contributed by atoms with Crippen LogP contribution in [0.2, 0.25) is 10.0 Å². The molecule has 2 aromatic carbocycles. The molecule has 174 valence electrons. The molecule has 0 unspecified atom stereocenters. The van der Waals surface area contributed by atoms with E-state index in [0.717, 1.165) is 17.7 Å². The lowest BCUT2D eigenvalue weighted by Gasteiger charge is -2.31. The third-order valence-electron chi connectivity index (χ3n) is 5.31. The Kier molecular flexibility index (Phi) is 11.4. The summed E-state index contributed by atoms with van der Waals surface area (Å²) in [6.07, 6.45) is 1.71. The van der Waals surface area contributed by atoms with Crippen molar-refractivity contribution >= 4 is 46.8 Å². The van der Waals surface area contributed by atoms with Gasteiger partial charge < -0.3 is 10.2 Å². The summed E-state index contributed by atoms with van der Waals surface area (Å²) in [5.74, 6) is 1.35. The molecule has 2 rings (SSSR count). The van der Waals surface area contributed by atoms with E-state index in [1.165, 1.54) is 5.56 Å². The molecular formula is C25H32Cl2N2O2S. The van der Waals surface area contributed by atoms with Crippen LogP contribution in [-0.2, 0) is 21.9 Å². The van der Waals surface area contributed by atoms with Crippen LogP contribution in [0.1, 0.15) is 51.2 Å². The predicted molar refractivity (Wildman–Crippen MR) is 136 cm³/mol. The van der Waals surface area contributed by atoms with Crippen molar-refractivity contribution in [1.29, 1.82) is 0 Å². The topological polar surface area (TPSA) is 49.4 Å². The number of amides is 2. The van der Waals surface area contributed by atoms with E-state index in [-0.39, 0.29) is 24.4 Å². The highest BCUT2D eigenvalue weighted by Gasteiger charge is 2.29.